The summed E-state index contributed by atoms with van der Waals surface area (Å²) in [5, 5.41) is 2.84. The van der Waals surface area contributed by atoms with Crippen LogP contribution in [0.2, 0.25) is 0 Å². The molecule has 0 heterocycles. The molecule has 2 rings (SSSR count). The number of carbonyl (C=O) groups is 2. The number of benzene rings is 2. The molecule has 25 heavy (non-hydrogen) atoms. The lowest BCUT2D eigenvalue weighted by Gasteiger charge is -2.15. The Morgan fingerprint density at radius 2 is 1.76 bits per heavy atom. The van der Waals surface area contributed by atoms with E-state index in [-0.39, 0.29) is 18.9 Å². The van der Waals surface area contributed by atoms with Gasteiger partial charge >= 0.3 is 5.97 Å². The fraction of sp³-hybridized carbons (Fsp3) is 0.333. The van der Waals surface area contributed by atoms with E-state index in [0.717, 1.165) is 28.8 Å². The first kappa shape index (κ1) is 18.7. The summed E-state index contributed by atoms with van der Waals surface area (Å²) < 4.78 is 5.09. The van der Waals surface area contributed by atoms with E-state index in [0.29, 0.717) is 5.92 Å². The third kappa shape index (κ3) is 5.75. The Kier molecular flexibility index (Phi) is 6.75. The quantitative estimate of drug-likeness (QED) is 0.768. The maximum Gasteiger partial charge on any atom is 0.310 e. The Labute approximate surface area is 149 Å². The first-order valence-corrected chi connectivity index (χ1v) is 8.59. The molecule has 4 heteroatoms. The lowest BCUT2D eigenvalue weighted by atomic mass is 9.97. The molecule has 0 unspecified atom stereocenters. The normalized spacial score (nSPS) is 11.6. The monoisotopic (exact) mass is 339 g/mol. The van der Waals surface area contributed by atoms with E-state index >= 15 is 0 Å². The van der Waals surface area contributed by atoms with Gasteiger partial charge in [0.1, 0.15) is 0 Å². The van der Waals surface area contributed by atoms with Crippen molar-refractivity contribution in [2.75, 3.05) is 11.9 Å². The lowest BCUT2D eigenvalue weighted by Crippen LogP contribution is -2.22. The Bertz CT molecular complexity index is 722. The topological polar surface area (TPSA) is 55.4 Å². The van der Waals surface area contributed by atoms with E-state index in [9.17, 15) is 9.59 Å². The molecule has 4 nitrogen and oxygen atoms in total. The van der Waals surface area contributed by atoms with Gasteiger partial charge in [-0.15, -0.1) is 0 Å². The molecule has 0 saturated heterocycles. The number of esters is 1. The van der Waals surface area contributed by atoms with Crippen LogP contribution in [0.1, 0.15) is 42.9 Å². The predicted molar refractivity (Wildman–Crippen MR) is 99.6 cm³/mol. The largest absolute Gasteiger partial charge is 0.455 e. The van der Waals surface area contributed by atoms with Gasteiger partial charge in [0, 0.05) is 5.69 Å². The van der Waals surface area contributed by atoms with Crippen LogP contribution in [0.5, 0.6) is 0 Å². The third-order valence-electron chi connectivity index (χ3n) is 4.21. The second-order valence-corrected chi connectivity index (χ2v) is 6.27. The number of para-hydroxylation sites is 1. The van der Waals surface area contributed by atoms with Crippen LogP contribution in [0.15, 0.2) is 48.5 Å². The second-order valence-electron chi connectivity index (χ2n) is 6.27. The van der Waals surface area contributed by atoms with Crippen molar-refractivity contribution in [1.82, 2.24) is 0 Å². The van der Waals surface area contributed by atoms with E-state index in [1.54, 1.807) is 0 Å². The molecule has 1 amide bonds. The Balaban J connectivity index is 1.86. The van der Waals surface area contributed by atoms with Crippen LogP contribution in [0, 0.1) is 6.92 Å². The van der Waals surface area contributed by atoms with Gasteiger partial charge in [-0.3, -0.25) is 9.59 Å². The molecule has 1 atom stereocenters. The molecule has 132 valence electrons. The summed E-state index contributed by atoms with van der Waals surface area (Å²) in [6.45, 7) is 5.94. The zero-order chi connectivity index (χ0) is 18.2. The van der Waals surface area contributed by atoms with Crippen molar-refractivity contribution in [2.24, 2.45) is 0 Å². The molecule has 0 spiro atoms. The summed E-state index contributed by atoms with van der Waals surface area (Å²) in [5.74, 6) is -0.386. The van der Waals surface area contributed by atoms with Gasteiger partial charge in [0.15, 0.2) is 6.61 Å². The van der Waals surface area contributed by atoms with E-state index in [4.69, 9.17) is 4.74 Å². The number of anilines is 1. The molecule has 0 radical (unpaired) electrons. The molecule has 0 fully saturated rings. The Hall–Kier alpha value is -2.62. The van der Waals surface area contributed by atoms with Crippen molar-refractivity contribution in [3.8, 4) is 0 Å². The SMILES string of the molecule is CC[C@@H](C)c1ccccc1NC(=O)COC(=O)Cc1ccc(C)cc1. The van der Waals surface area contributed by atoms with Crippen LogP contribution >= 0.6 is 0 Å². The number of hydrogen-bond donors (Lipinski definition) is 1. The molecule has 0 aliphatic rings. The zero-order valence-corrected chi connectivity index (χ0v) is 15.0. The maximum atomic E-state index is 12.1. The van der Waals surface area contributed by atoms with Crippen molar-refractivity contribution in [3.05, 3.63) is 65.2 Å². The van der Waals surface area contributed by atoms with Crippen LogP contribution in [0.4, 0.5) is 5.69 Å². The lowest BCUT2D eigenvalue weighted by molar-refractivity contribution is -0.146. The molecule has 0 aromatic heterocycles. The molecule has 2 aromatic carbocycles. The number of hydrogen-bond acceptors (Lipinski definition) is 3. The Morgan fingerprint density at radius 1 is 1.08 bits per heavy atom. The summed E-state index contributed by atoms with van der Waals surface area (Å²) in [7, 11) is 0. The fourth-order valence-electron chi connectivity index (χ4n) is 2.52. The molecule has 0 saturated carbocycles. The molecule has 0 bridgehead atoms. The minimum atomic E-state index is -0.408. The highest BCUT2D eigenvalue weighted by Gasteiger charge is 2.13. The first-order chi connectivity index (χ1) is 12.0. The van der Waals surface area contributed by atoms with Gasteiger partial charge in [-0.25, -0.2) is 0 Å². The summed E-state index contributed by atoms with van der Waals surface area (Å²) in [4.78, 5) is 24.0. The average Bonchev–Trinajstić information content (AvgIpc) is 2.62. The zero-order valence-electron chi connectivity index (χ0n) is 15.0. The molecule has 0 aliphatic carbocycles. The fourth-order valence-corrected chi connectivity index (χ4v) is 2.52. The van der Waals surface area contributed by atoms with E-state index in [1.165, 1.54) is 0 Å². The average molecular weight is 339 g/mol. The molecular formula is C21H25NO3. The number of amides is 1. The van der Waals surface area contributed by atoms with Gasteiger partial charge in [-0.1, -0.05) is 61.9 Å². The van der Waals surface area contributed by atoms with Crippen molar-refractivity contribution in [2.45, 2.75) is 39.5 Å². The third-order valence-corrected chi connectivity index (χ3v) is 4.21. The van der Waals surface area contributed by atoms with Gasteiger partial charge in [0.2, 0.25) is 0 Å². The highest BCUT2D eigenvalue weighted by Crippen LogP contribution is 2.26. The van der Waals surface area contributed by atoms with E-state index in [2.05, 4.69) is 19.2 Å². The number of carbonyl (C=O) groups excluding carboxylic acids is 2. The molecule has 2 aromatic rings. The van der Waals surface area contributed by atoms with Crippen LogP contribution in [-0.2, 0) is 20.7 Å². The summed E-state index contributed by atoms with van der Waals surface area (Å²) in [6, 6.07) is 15.4. The molecule has 0 aliphatic heterocycles. The second kappa shape index (κ2) is 9.02. The van der Waals surface area contributed by atoms with Crippen molar-refractivity contribution >= 4 is 17.6 Å². The van der Waals surface area contributed by atoms with Gasteiger partial charge in [-0.05, 0) is 36.5 Å². The van der Waals surface area contributed by atoms with Crippen LogP contribution < -0.4 is 5.32 Å². The minimum absolute atomic E-state index is 0.164. The number of ether oxygens (including phenoxy) is 1. The number of nitrogens with one attached hydrogen (secondary N) is 1. The summed E-state index contributed by atoms with van der Waals surface area (Å²) in [5.41, 5.74) is 3.87. The van der Waals surface area contributed by atoms with Crippen LogP contribution in [0.25, 0.3) is 0 Å². The van der Waals surface area contributed by atoms with E-state index < -0.39 is 5.97 Å². The van der Waals surface area contributed by atoms with E-state index in [1.807, 2.05) is 55.5 Å². The van der Waals surface area contributed by atoms with Crippen molar-refractivity contribution in [3.63, 3.8) is 0 Å². The highest BCUT2D eigenvalue weighted by atomic mass is 16.5. The van der Waals surface area contributed by atoms with Gasteiger partial charge in [-0.2, -0.15) is 0 Å². The summed E-state index contributed by atoms with van der Waals surface area (Å²) >= 11 is 0. The number of aryl methyl sites for hydroxylation is 1. The minimum Gasteiger partial charge on any atom is -0.455 e. The smallest absolute Gasteiger partial charge is 0.310 e. The van der Waals surface area contributed by atoms with Crippen LogP contribution in [-0.4, -0.2) is 18.5 Å². The van der Waals surface area contributed by atoms with Crippen molar-refractivity contribution < 1.29 is 14.3 Å². The number of rotatable bonds is 7. The first-order valence-electron chi connectivity index (χ1n) is 8.59. The van der Waals surface area contributed by atoms with Crippen LogP contribution in [0.3, 0.4) is 0 Å². The maximum absolute atomic E-state index is 12.1. The van der Waals surface area contributed by atoms with Gasteiger partial charge < -0.3 is 10.1 Å². The Morgan fingerprint density at radius 3 is 2.44 bits per heavy atom. The highest BCUT2D eigenvalue weighted by molar-refractivity contribution is 5.93. The summed E-state index contributed by atoms with van der Waals surface area (Å²) in [6.07, 6.45) is 1.15. The molecule has 1 N–H and O–H groups in total. The predicted octanol–water partition coefficient (Wildman–Crippen LogP) is 4.23. The standard InChI is InChI=1S/C21H25NO3/c1-4-16(3)18-7-5-6-8-19(18)22-20(23)14-25-21(24)13-17-11-9-15(2)10-12-17/h5-12,16H,4,13-14H2,1-3H3,(H,22,23)/t16-/m1/s1. The van der Waals surface area contributed by atoms with Crippen molar-refractivity contribution in [1.29, 1.82) is 0 Å². The van der Waals surface area contributed by atoms with Gasteiger partial charge in [0.25, 0.3) is 5.91 Å². The van der Waals surface area contributed by atoms with Gasteiger partial charge in [0.05, 0.1) is 6.42 Å². The molecular weight excluding hydrogens is 314 g/mol.